The average Bonchev–Trinajstić information content (AvgIpc) is 2.74. The molecule has 0 spiro atoms. The van der Waals surface area contributed by atoms with Crippen LogP contribution in [0.1, 0.15) is 31.6 Å². The number of hydrogen-bond acceptors (Lipinski definition) is 4. The van der Waals surface area contributed by atoms with E-state index in [1.165, 1.54) is 18.4 Å². The van der Waals surface area contributed by atoms with Crippen molar-refractivity contribution >= 4 is 20.9 Å². The van der Waals surface area contributed by atoms with Crippen molar-refractivity contribution in [1.82, 2.24) is 9.55 Å². The van der Waals surface area contributed by atoms with Crippen molar-refractivity contribution in [2.75, 3.05) is 12.0 Å². The first-order valence-electron chi connectivity index (χ1n) is 6.91. The molecule has 1 aromatic carbocycles. The average molecular weight is 313 g/mol. The van der Waals surface area contributed by atoms with Gasteiger partial charge in [-0.25, -0.2) is 17.8 Å². The van der Waals surface area contributed by atoms with Gasteiger partial charge in [-0.05, 0) is 31.0 Å². The van der Waals surface area contributed by atoms with Crippen molar-refractivity contribution in [3.63, 3.8) is 0 Å². The molecule has 0 amide bonds. The van der Waals surface area contributed by atoms with Crippen molar-refractivity contribution in [2.24, 2.45) is 5.73 Å². The largest absolute Gasteiger partial charge is 0.327 e. The molecule has 2 rings (SSSR count). The number of fused-ring (bicyclic) bond motifs is 1. The summed E-state index contributed by atoms with van der Waals surface area (Å²) in [6.07, 6.45) is 2.34. The lowest BCUT2D eigenvalue weighted by Crippen LogP contribution is -2.20. The molecule has 0 bridgehead atoms. The van der Waals surface area contributed by atoms with Gasteiger partial charge in [0.25, 0.3) is 0 Å². The van der Waals surface area contributed by atoms with Crippen LogP contribution in [0.4, 0.5) is 4.39 Å². The van der Waals surface area contributed by atoms with Crippen LogP contribution in [0, 0.1) is 5.82 Å². The number of nitrogens with zero attached hydrogens (tertiary/aromatic N) is 2. The molecule has 0 aliphatic carbocycles. The molecule has 0 saturated heterocycles. The Kier molecular flexibility index (Phi) is 4.63. The summed E-state index contributed by atoms with van der Waals surface area (Å²) >= 11 is 0. The van der Waals surface area contributed by atoms with Crippen LogP contribution >= 0.6 is 0 Å². The maximum Gasteiger partial charge on any atom is 0.147 e. The van der Waals surface area contributed by atoms with E-state index in [0.29, 0.717) is 29.8 Å². The predicted molar refractivity (Wildman–Crippen MR) is 81.2 cm³/mol. The number of imidazole rings is 1. The van der Waals surface area contributed by atoms with Gasteiger partial charge in [-0.3, -0.25) is 0 Å². The third-order valence-electron chi connectivity index (χ3n) is 3.32. The van der Waals surface area contributed by atoms with Gasteiger partial charge in [0.05, 0.1) is 22.8 Å². The molecular weight excluding hydrogens is 293 g/mol. The molecule has 7 heteroatoms. The molecule has 21 heavy (non-hydrogen) atoms. The van der Waals surface area contributed by atoms with Gasteiger partial charge < -0.3 is 10.3 Å². The Morgan fingerprint density at radius 2 is 2.14 bits per heavy atom. The Morgan fingerprint density at radius 3 is 2.76 bits per heavy atom. The third kappa shape index (κ3) is 3.79. The Bertz CT molecular complexity index is 740. The van der Waals surface area contributed by atoms with Gasteiger partial charge in [0.1, 0.15) is 21.5 Å². The van der Waals surface area contributed by atoms with E-state index in [4.69, 9.17) is 5.73 Å². The Balaban J connectivity index is 2.39. The van der Waals surface area contributed by atoms with E-state index in [9.17, 15) is 12.8 Å². The molecule has 0 radical (unpaired) electrons. The molecule has 0 saturated carbocycles. The van der Waals surface area contributed by atoms with Gasteiger partial charge in [-0.15, -0.1) is 0 Å². The molecule has 5 nitrogen and oxygen atoms in total. The standard InChI is InChI=1S/C14H20FN3O2S/c1-3-7-18-13-9-10(15)4-5-12(13)17-14(18)11(16)6-8-21(2,19)20/h4-5,9,11H,3,6-8,16H2,1-2H3. The van der Waals surface area contributed by atoms with Gasteiger partial charge >= 0.3 is 0 Å². The van der Waals surface area contributed by atoms with Gasteiger partial charge in [-0.2, -0.15) is 0 Å². The fraction of sp³-hybridized carbons (Fsp3) is 0.500. The first kappa shape index (κ1) is 15.9. The molecule has 0 aliphatic rings. The molecule has 2 N–H and O–H groups in total. The van der Waals surface area contributed by atoms with Gasteiger partial charge in [0.2, 0.25) is 0 Å². The molecule has 1 atom stereocenters. The number of nitrogens with two attached hydrogens (primary N) is 1. The summed E-state index contributed by atoms with van der Waals surface area (Å²) < 4.78 is 37.8. The number of hydrogen-bond donors (Lipinski definition) is 1. The highest BCUT2D eigenvalue weighted by Crippen LogP contribution is 2.23. The summed E-state index contributed by atoms with van der Waals surface area (Å²) in [4.78, 5) is 4.45. The van der Waals surface area contributed by atoms with Crippen LogP contribution in [0.5, 0.6) is 0 Å². The molecule has 1 unspecified atom stereocenters. The van der Waals surface area contributed by atoms with E-state index < -0.39 is 15.9 Å². The van der Waals surface area contributed by atoms with Crippen LogP contribution in [-0.4, -0.2) is 30.0 Å². The summed E-state index contributed by atoms with van der Waals surface area (Å²) in [7, 11) is -3.07. The van der Waals surface area contributed by atoms with Crippen LogP contribution in [0.25, 0.3) is 11.0 Å². The maximum atomic E-state index is 13.4. The van der Waals surface area contributed by atoms with Gasteiger partial charge in [0, 0.05) is 12.8 Å². The van der Waals surface area contributed by atoms with E-state index in [1.807, 2.05) is 11.5 Å². The lowest BCUT2D eigenvalue weighted by molar-refractivity contribution is 0.562. The maximum absolute atomic E-state index is 13.4. The van der Waals surface area contributed by atoms with Crippen LogP contribution in [-0.2, 0) is 16.4 Å². The van der Waals surface area contributed by atoms with E-state index in [-0.39, 0.29) is 11.6 Å². The molecule has 0 fully saturated rings. The highest BCUT2D eigenvalue weighted by molar-refractivity contribution is 7.90. The Labute approximate surface area is 123 Å². The second kappa shape index (κ2) is 6.11. The normalized spacial score (nSPS) is 13.7. The van der Waals surface area contributed by atoms with Gasteiger partial charge in [0.15, 0.2) is 0 Å². The molecule has 2 aromatic rings. The number of benzene rings is 1. The van der Waals surface area contributed by atoms with E-state index >= 15 is 0 Å². The summed E-state index contributed by atoms with van der Waals surface area (Å²) in [5.74, 6) is 0.301. The second-order valence-corrected chi connectivity index (χ2v) is 7.54. The Hall–Kier alpha value is -1.47. The summed E-state index contributed by atoms with van der Waals surface area (Å²) in [5.41, 5.74) is 7.47. The van der Waals surface area contributed by atoms with Crippen molar-refractivity contribution in [3.8, 4) is 0 Å². The van der Waals surface area contributed by atoms with Crippen molar-refractivity contribution < 1.29 is 12.8 Å². The summed E-state index contributed by atoms with van der Waals surface area (Å²) in [5, 5.41) is 0. The van der Waals surface area contributed by atoms with E-state index in [1.54, 1.807) is 6.07 Å². The van der Waals surface area contributed by atoms with Crippen molar-refractivity contribution in [1.29, 1.82) is 0 Å². The van der Waals surface area contributed by atoms with E-state index in [2.05, 4.69) is 4.98 Å². The number of aromatic nitrogens is 2. The molecule has 1 aromatic heterocycles. The van der Waals surface area contributed by atoms with Crippen LogP contribution in [0.15, 0.2) is 18.2 Å². The minimum atomic E-state index is -3.07. The lowest BCUT2D eigenvalue weighted by atomic mass is 10.2. The van der Waals surface area contributed by atoms with Crippen LogP contribution < -0.4 is 5.73 Å². The van der Waals surface area contributed by atoms with Gasteiger partial charge in [-0.1, -0.05) is 6.92 Å². The number of rotatable bonds is 6. The first-order valence-corrected chi connectivity index (χ1v) is 8.97. The van der Waals surface area contributed by atoms with E-state index in [0.717, 1.165) is 6.42 Å². The monoisotopic (exact) mass is 313 g/mol. The van der Waals surface area contributed by atoms with Crippen molar-refractivity contribution in [2.45, 2.75) is 32.4 Å². The zero-order valence-corrected chi connectivity index (χ0v) is 13.0. The summed E-state index contributed by atoms with van der Waals surface area (Å²) in [6, 6.07) is 3.92. The summed E-state index contributed by atoms with van der Waals surface area (Å²) in [6.45, 7) is 2.68. The smallest absolute Gasteiger partial charge is 0.147 e. The van der Waals surface area contributed by atoms with Crippen LogP contribution in [0.3, 0.4) is 0 Å². The molecule has 1 heterocycles. The Morgan fingerprint density at radius 1 is 1.43 bits per heavy atom. The number of aryl methyl sites for hydroxylation is 1. The van der Waals surface area contributed by atoms with Crippen molar-refractivity contribution in [3.05, 3.63) is 29.8 Å². The first-order chi connectivity index (χ1) is 9.81. The third-order valence-corrected chi connectivity index (χ3v) is 4.30. The molecular formula is C14H20FN3O2S. The number of halogens is 1. The topological polar surface area (TPSA) is 78.0 Å². The fourth-order valence-electron chi connectivity index (χ4n) is 2.33. The molecule has 0 aliphatic heterocycles. The highest BCUT2D eigenvalue weighted by atomic mass is 32.2. The molecule has 116 valence electrons. The lowest BCUT2D eigenvalue weighted by Gasteiger charge is -2.13. The number of sulfone groups is 1. The predicted octanol–water partition coefficient (Wildman–Crippen LogP) is 2.02. The fourth-order valence-corrected chi connectivity index (χ4v) is 3.01. The quantitative estimate of drug-likeness (QED) is 0.885. The minimum absolute atomic E-state index is 0.0118. The zero-order valence-electron chi connectivity index (χ0n) is 12.2. The van der Waals surface area contributed by atoms with Crippen LogP contribution in [0.2, 0.25) is 0 Å². The minimum Gasteiger partial charge on any atom is -0.327 e. The second-order valence-electron chi connectivity index (χ2n) is 5.28. The highest BCUT2D eigenvalue weighted by Gasteiger charge is 2.18. The SMILES string of the molecule is CCCn1c(C(N)CCS(C)(=O)=O)nc2ccc(F)cc21. The zero-order chi connectivity index (χ0) is 15.6.